The van der Waals surface area contributed by atoms with Crippen molar-refractivity contribution in [2.24, 2.45) is 5.92 Å². The highest BCUT2D eigenvalue weighted by Crippen LogP contribution is 2.25. The third kappa shape index (κ3) is 2.72. The smallest absolute Gasteiger partial charge is 0.228 e. The highest BCUT2D eigenvalue weighted by atomic mass is 16.2. The number of carbonyl (C=O) groups excluding carboxylic acids is 2. The number of carbonyl (C=O) groups is 2. The molecule has 2 saturated heterocycles. The normalized spacial score (nSPS) is 26.7. The Kier molecular flexibility index (Phi) is 4.15. The van der Waals surface area contributed by atoms with E-state index in [0.29, 0.717) is 32.6 Å². The molecule has 1 N–H and O–H groups in total. The second-order valence-corrected chi connectivity index (χ2v) is 6.09. The number of aromatic nitrogens is 2. The number of hydrogen-bond donors (Lipinski definition) is 1. The number of aromatic amines is 1. The molecule has 3 heterocycles. The Morgan fingerprint density at radius 3 is 2.86 bits per heavy atom. The number of nitrogens with one attached hydrogen (secondary N) is 1. The van der Waals surface area contributed by atoms with Crippen molar-refractivity contribution in [1.82, 2.24) is 24.7 Å². The molecule has 1 aromatic heterocycles. The van der Waals surface area contributed by atoms with Crippen LogP contribution in [0.3, 0.4) is 0 Å². The molecule has 2 fully saturated rings. The van der Waals surface area contributed by atoms with E-state index in [4.69, 9.17) is 0 Å². The summed E-state index contributed by atoms with van der Waals surface area (Å²) in [6.45, 7) is 5.35. The number of rotatable bonds is 3. The van der Waals surface area contributed by atoms with Crippen LogP contribution in [0.15, 0.2) is 12.4 Å². The number of nitrogens with zero attached hydrogens (tertiary/aromatic N) is 4. The van der Waals surface area contributed by atoms with Crippen molar-refractivity contribution in [1.29, 1.82) is 0 Å². The Morgan fingerprint density at radius 2 is 2.23 bits per heavy atom. The lowest BCUT2D eigenvalue weighted by molar-refractivity contribution is -0.138. The number of piperazine rings is 1. The molecular weight excluding hydrogens is 282 g/mol. The molecule has 0 saturated carbocycles. The Hall–Kier alpha value is -1.89. The molecule has 2 aliphatic rings. The van der Waals surface area contributed by atoms with Crippen molar-refractivity contribution < 1.29 is 9.59 Å². The lowest BCUT2D eigenvalue weighted by atomic mass is 10.0. The first-order chi connectivity index (χ1) is 10.6. The van der Waals surface area contributed by atoms with Gasteiger partial charge in [-0.2, -0.15) is 0 Å². The van der Waals surface area contributed by atoms with Crippen molar-refractivity contribution >= 4 is 11.8 Å². The van der Waals surface area contributed by atoms with Crippen LogP contribution in [0.5, 0.6) is 0 Å². The van der Waals surface area contributed by atoms with E-state index < -0.39 is 0 Å². The lowest BCUT2D eigenvalue weighted by Gasteiger charge is -2.39. The SMILES string of the molecule is CCN1CC(C(=O)N2CCN(C)C(c3ncc[nH]3)C2)CC1=O. The first kappa shape index (κ1) is 15.0. The van der Waals surface area contributed by atoms with Gasteiger partial charge in [0.15, 0.2) is 0 Å². The standard InChI is InChI=1S/C15H23N5O2/c1-3-19-9-11(8-13(19)21)15(22)20-7-6-18(2)12(10-20)14-16-4-5-17-14/h4-5,11-12H,3,6-10H2,1-2H3,(H,16,17). The largest absolute Gasteiger partial charge is 0.347 e. The molecule has 7 nitrogen and oxygen atoms in total. The Morgan fingerprint density at radius 1 is 1.41 bits per heavy atom. The predicted octanol–water partition coefficient (Wildman–Crippen LogP) is 0.0932. The van der Waals surface area contributed by atoms with E-state index in [0.717, 1.165) is 12.4 Å². The maximum Gasteiger partial charge on any atom is 0.228 e. The van der Waals surface area contributed by atoms with Gasteiger partial charge in [-0.15, -0.1) is 0 Å². The summed E-state index contributed by atoms with van der Waals surface area (Å²) < 4.78 is 0. The van der Waals surface area contributed by atoms with Gasteiger partial charge in [-0.3, -0.25) is 14.5 Å². The van der Waals surface area contributed by atoms with Crippen LogP contribution in [-0.4, -0.2) is 76.3 Å². The minimum Gasteiger partial charge on any atom is -0.347 e. The topological polar surface area (TPSA) is 72.5 Å². The first-order valence-electron chi connectivity index (χ1n) is 7.86. The van der Waals surface area contributed by atoms with Gasteiger partial charge < -0.3 is 14.8 Å². The zero-order valence-electron chi connectivity index (χ0n) is 13.2. The van der Waals surface area contributed by atoms with Crippen LogP contribution in [0, 0.1) is 5.92 Å². The fourth-order valence-corrected chi connectivity index (χ4v) is 3.33. The quantitative estimate of drug-likeness (QED) is 0.859. The summed E-state index contributed by atoms with van der Waals surface area (Å²) >= 11 is 0. The molecule has 0 aromatic carbocycles. The average Bonchev–Trinajstić information content (AvgIpc) is 3.16. The Labute approximate surface area is 130 Å². The number of imidazole rings is 1. The molecule has 0 spiro atoms. The van der Waals surface area contributed by atoms with Crippen molar-refractivity contribution in [2.45, 2.75) is 19.4 Å². The van der Waals surface area contributed by atoms with E-state index in [1.807, 2.05) is 18.9 Å². The monoisotopic (exact) mass is 305 g/mol. The van der Waals surface area contributed by atoms with Crippen LogP contribution in [0.25, 0.3) is 0 Å². The summed E-state index contributed by atoms with van der Waals surface area (Å²) in [5.74, 6) is 0.900. The summed E-state index contributed by atoms with van der Waals surface area (Å²) in [5.41, 5.74) is 0. The van der Waals surface area contributed by atoms with E-state index in [2.05, 4.69) is 14.9 Å². The van der Waals surface area contributed by atoms with E-state index in [9.17, 15) is 9.59 Å². The van der Waals surface area contributed by atoms with Crippen LogP contribution >= 0.6 is 0 Å². The van der Waals surface area contributed by atoms with Gasteiger partial charge >= 0.3 is 0 Å². The van der Waals surface area contributed by atoms with Gasteiger partial charge in [0.25, 0.3) is 0 Å². The molecule has 120 valence electrons. The van der Waals surface area contributed by atoms with Gasteiger partial charge in [0.2, 0.25) is 11.8 Å². The molecule has 7 heteroatoms. The Balaban J connectivity index is 1.67. The maximum absolute atomic E-state index is 12.7. The molecule has 2 amide bonds. The van der Waals surface area contributed by atoms with Gasteiger partial charge in [-0.05, 0) is 14.0 Å². The zero-order chi connectivity index (χ0) is 15.7. The van der Waals surface area contributed by atoms with Crippen molar-refractivity contribution in [3.8, 4) is 0 Å². The number of likely N-dealkylation sites (N-methyl/N-ethyl adjacent to an activating group) is 1. The Bertz CT molecular complexity index is 544. The molecule has 2 aliphatic heterocycles. The fraction of sp³-hybridized carbons (Fsp3) is 0.667. The maximum atomic E-state index is 12.7. The van der Waals surface area contributed by atoms with Gasteiger partial charge in [-0.1, -0.05) is 0 Å². The van der Waals surface area contributed by atoms with Gasteiger partial charge in [0, 0.05) is 51.5 Å². The van der Waals surface area contributed by atoms with E-state index in [-0.39, 0.29) is 23.8 Å². The minimum absolute atomic E-state index is 0.0899. The third-order valence-corrected chi connectivity index (χ3v) is 4.74. The molecule has 3 rings (SSSR count). The summed E-state index contributed by atoms with van der Waals surface area (Å²) in [5, 5.41) is 0. The molecule has 22 heavy (non-hydrogen) atoms. The molecule has 0 radical (unpaired) electrons. The van der Waals surface area contributed by atoms with Crippen LogP contribution < -0.4 is 0 Å². The zero-order valence-corrected chi connectivity index (χ0v) is 13.2. The van der Waals surface area contributed by atoms with Gasteiger partial charge in [0.1, 0.15) is 5.82 Å². The van der Waals surface area contributed by atoms with Gasteiger partial charge in [-0.25, -0.2) is 4.98 Å². The third-order valence-electron chi connectivity index (χ3n) is 4.74. The van der Waals surface area contributed by atoms with E-state index >= 15 is 0 Å². The van der Waals surface area contributed by atoms with E-state index in [1.54, 1.807) is 17.3 Å². The van der Waals surface area contributed by atoms with Crippen LogP contribution in [0.1, 0.15) is 25.2 Å². The minimum atomic E-state index is -0.187. The number of hydrogen-bond acceptors (Lipinski definition) is 4. The summed E-state index contributed by atoms with van der Waals surface area (Å²) in [6.07, 6.45) is 3.89. The first-order valence-corrected chi connectivity index (χ1v) is 7.86. The second-order valence-electron chi connectivity index (χ2n) is 6.09. The summed E-state index contributed by atoms with van der Waals surface area (Å²) in [7, 11) is 2.05. The average molecular weight is 305 g/mol. The molecule has 0 aliphatic carbocycles. The highest BCUT2D eigenvalue weighted by molar-refractivity contribution is 5.89. The van der Waals surface area contributed by atoms with Crippen LogP contribution in [0.4, 0.5) is 0 Å². The fourth-order valence-electron chi connectivity index (χ4n) is 3.33. The highest BCUT2D eigenvalue weighted by Gasteiger charge is 2.38. The molecule has 0 bridgehead atoms. The molecule has 1 aromatic rings. The molecule has 2 unspecified atom stereocenters. The summed E-state index contributed by atoms with van der Waals surface area (Å²) in [4.78, 5) is 37.9. The van der Waals surface area contributed by atoms with Crippen molar-refractivity contribution in [3.05, 3.63) is 18.2 Å². The molecule has 2 atom stereocenters. The predicted molar refractivity (Wildman–Crippen MR) is 80.9 cm³/mol. The van der Waals surface area contributed by atoms with Crippen molar-refractivity contribution in [2.75, 3.05) is 39.8 Å². The number of H-pyrrole nitrogens is 1. The van der Waals surface area contributed by atoms with Crippen LogP contribution in [0.2, 0.25) is 0 Å². The number of amides is 2. The van der Waals surface area contributed by atoms with Crippen LogP contribution in [-0.2, 0) is 9.59 Å². The van der Waals surface area contributed by atoms with Gasteiger partial charge in [0.05, 0.1) is 12.0 Å². The second kappa shape index (κ2) is 6.08. The van der Waals surface area contributed by atoms with E-state index in [1.165, 1.54) is 0 Å². The van der Waals surface area contributed by atoms with Crippen molar-refractivity contribution in [3.63, 3.8) is 0 Å². The number of likely N-dealkylation sites (tertiary alicyclic amines) is 1. The summed E-state index contributed by atoms with van der Waals surface area (Å²) in [6, 6.07) is 0.0899. The molecular formula is C15H23N5O2. The lowest BCUT2D eigenvalue weighted by Crippen LogP contribution is -2.51.